The summed E-state index contributed by atoms with van der Waals surface area (Å²) in [6.07, 6.45) is 5.56. The van der Waals surface area contributed by atoms with Gasteiger partial charge in [-0.2, -0.15) is 0 Å². The largest absolute Gasteiger partial charge is 0.389 e. The second-order valence-corrected chi connectivity index (χ2v) is 15.8. The van der Waals surface area contributed by atoms with E-state index >= 15 is 0 Å². The van der Waals surface area contributed by atoms with Gasteiger partial charge in [-0.25, -0.2) is 0 Å². The summed E-state index contributed by atoms with van der Waals surface area (Å²) in [5, 5.41) is 27.8. The van der Waals surface area contributed by atoms with Crippen LogP contribution in [0.3, 0.4) is 0 Å². The highest BCUT2D eigenvalue weighted by atomic mass is 35.5. The summed E-state index contributed by atoms with van der Waals surface area (Å²) in [6, 6.07) is 13.0. The number of anilines is 1. The molecule has 0 aliphatic carbocycles. The van der Waals surface area contributed by atoms with Crippen LogP contribution in [0, 0.1) is 31.1 Å². The number of halogens is 1. The van der Waals surface area contributed by atoms with Crippen LogP contribution in [0.4, 0.5) is 5.69 Å². The van der Waals surface area contributed by atoms with Gasteiger partial charge < -0.3 is 25.8 Å². The Morgan fingerprint density at radius 3 is 2.66 bits per heavy atom. The molecule has 2 aromatic heterocycles. The Morgan fingerprint density at radius 1 is 1.09 bits per heavy atom. The van der Waals surface area contributed by atoms with Gasteiger partial charge in [0.25, 0.3) is 5.91 Å². The van der Waals surface area contributed by atoms with Gasteiger partial charge in [-0.3, -0.25) is 29.3 Å². The molecule has 4 aliphatic heterocycles. The van der Waals surface area contributed by atoms with Crippen molar-refractivity contribution in [3.05, 3.63) is 104 Å². The Labute approximate surface area is 333 Å². The maximum atomic E-state index is 13.2. The average Bonchev–Trinajstić information content (AvgIpc) is 3.80. The third-order valence-electron chi connectivity index (χ3n) is 10.8. The lowest BCUT2D eigenvalue weighted by Crippen LogP contribution is -2.52. The summed E-state index contributed by atoms with van der Waals surface area (Å²) >= 11 is 7.78. The summed E-state index contributed by atoms with van der Waals surface area (Å²) in [5.41, 5.74) is 6.88. The summed E-state index contributed by atoms with van der Waals surface area (Å²) in [4.78, 5) is 47.3. The predicted molar refractivity (Wildman–Crippen MR) is 217 cm³/mol. The molecular formula is C41H41ClN10O3S. The number of amides is 3. The third kappa shape index (κ3) is 7.37. The standard InChI is InChI=1S/C41H41ClN10O3S/c1-24-34(56-41-37(24)38(27-7-9-28(42)10-8-27)45-22-35-49-48-25(2)52(35)41)12-6-26(20-43)21-44-16-19-50-17-14-29(15-18-50)46-32-5-3-4-30-31(32)23-51(40(30)55)33-11-13-36(53)47-39(33)54/h3-5,7-10,20-21,29,33,43-44,46H,11,13-19,22-23H2,1-2H3,(H,47,53,54)/b26-21-,43-20?. The average molecular weight is 789 g/mol. The van der Waals surface area contributed by atoms with E-state index in [0.29, 0.717) is 42.2 Å². The van der Waals surface area contributed by atoms with Crippen LogP contribution >= 0.6 is 22.9 Å². The molecule has 286 valence electrons. The minimum Gasteiger partial charge on any atom is -0.389 e. The highest BCUT2D eigenvalue weighted by Gasteiger charge is 2.40. The molecule has 0 radical (unpaired) electrons. The maximum Gasteiger partial charge on any atom is 0.255 e. The van der Waals surface area contributed by atoms with Gasteiger partial charge >= 0.3 is 0 Å². The molecule has 2 saturated heterocycles. The SMILES string of the molecule is Cc1c(C#C/C(C=N)=C/NCCN2CCC(Nc3cccc4c3CN(C3CCC(=O)NC3=O)C4=O)CC2)sc2c1C(c1ccc(Cl)cc1)=NCc1nnc(C)n1-2. The minimum absolute atomic E-state index is 0.164. The van der Waals surface area contributed by atoms with Gasteiger partial charge in [0.1, 0.15) is 23.4 Å². The molecule has 1 atom stereocenters. The molecule has 4 aliphatic rings. The number of carbonyl (C=O) groups is 3. The topological polar surface area (TPSA) is 161 Å². The predicted octanol–water partition coefficient (Wildman–Crippen LogP) is 4.76. The van der Waals surface area contributed by atoms with Crippen LogP contribution in [-0.4, -0.2) is 92.5 Å². The van der Waals surface area contributed by atoms with E-state index in [2.05, 4.69) is 54.4 Å². The van der Waals surface area contributed by atoms with Gasteiger partial charge in [0, 0.05) is 90.6 Å². The van der Waals surface area contributed by atoms with Crippen LogP contribution in [-0.2, 0) is 22.7 Å². The lowest BCUT2D eigenvalue weighted by molar-refractivity contribution is -0.136. The van der Waals surface area contributed by atoms with Crippen LogP contribution in [0.1, 0.15) is 74.8 Å². The molecule has 0 saturated carbocycles. The number of benzene rings is 2. The number of hydrogen-bond donors (Lipinski definition) is 4. The Bertz CT molecular complexity index is 2360. The van der Waals surface area contributed by atoms with E-state index in [0.717, 1.165) is 87.7 Å². The second kappa shape index (κ2) is 15.9. The fraction of sp³-hybridized carbons (Fsp3) is 0.341. The number of allylic oxidation sites excluding steroid dienone is 1. The summed E-state index contributed by atoms with van der Waals surface area (Å²) in [6.45, 7) is 8.17. The summed E-state index contributed by atoms with van der Waals surface area (Å²) in [5.74, 6) is 7.23. The number of thiophene rings is 1. The van der Waals surface area contributed by atoms with Gasteiger partial charge in [-0.1, -0.05) is 41.6 Å². The first kappa shape index (κ1) is 37.3. The Hall–Kier alpha value is -5.62. The van der Waals surface area contributed by atoms with Crippen LogP contribution in [0.2, 0.25) is 5.02 Å². The molecule has 6 heterocycles. The number of fused-ring (bicyclic) bond motifs is 4. The number of piperidine rings is 2. The first-order valence-corrected chi connectivity index (χ1v) is 19.9. The van der Waals surface area contributed by atoms with Crippen LogP contribution in [0.15, 0.2) is 59.2 Å². The number of carbonyl (C=O) groups excluding carboxylic acids is 3. The zero-order valence-electron chi connectivity index (χ0n) is 31.1. The number of nitrogens with zero attached hydrogens (tertiary/aromatic N) is 6. The van der Waals surface area contributed by atoms with Crippen molar-refractivity contribution in [2.75, 3.05) is 31.5 Å². The van der Waals surface area contributed by atoms with Gasteiger partial charge in [0.15, 0.2) is 5.82 Å². The fourth-order valence-electron chi connectivity index (χ4n) is 7.79. The molecule has 13 nitrogen and oxygen atoms in total. The van der Waals surface area contributed by atoms with E-state index in [1.807, 2.05) is 49.4 Å². The number of aliphatic imine (C=N–C) groups is 1. The van der Waals surface area contributed by atoms with Crippen molar-refractivity contribution in [1.82, 2.24) is 35.2 Å². The summed E-state index contributed by atoms with van der Waals surface area (Å²) < 4.78 is 2.06. The normalized spacial score (nSPS) is 18.6. The molecule has 8 rings (SSSR count). The molecular weight excluding hydrogens is 748 g/mol. The van der Waals surface area contributed by atoms with Gasteiger partial charge in [-0.05, 0) is 62.9 Å². The minimum atomic E-state index is -0.630. The van der Waals surface area contributed by atoms with Crippen molar-refractivity contribution >= 4 is 58.3 Å². The number of hydrogen-bond acceptors (Lipinski definition) is 11. The smallest absolute Gasteiger partial charge is 0.255 e. The van der Waals surface area contributed by atoms with Crippen molar-refractivity contribution in [1.29, 1.82) is 5.41 Å². The highest BCUT2D eigenvalue weighted by Crippen LogP contribution is 2.37. The van der Waals surface area contributed by atoms with Crippen LogP contribution in [0.25, 0.3) is 5.00 Å². The lowest BCUT2D eigenvalue weighted by atomic mass is 10.00. The fourth-order valence-corrected chi connectivity index (χ4v) is 9.15. The maximum absolute atomic E-state index is 13.2. The van der Waals surface area contributed by atoms with E-state index < -0.39 is 11.9 Å². The molecule has 1 unspecified atom stereocenters. The highest BCUT2D eigenvalue weighted by molar-refractivity contribution is 7.15. The van der Waals surface area contributed by atoms with E-state index in [-0.39, 0.29) is 24.3 Å². The Kier molecular flexibility index (Phi) is 10.6. The van der Waals surface area contributed by atoms with Crippen LogP contribution in [0.5, 0.6) is 0 Å². The number of nitrogens with one attached hydrogen (secondary N) is 4. The molecule has 15 heteroatoms. The Morgan fingerprint density at radius 2 is 1.89 bits per heavy atom. The third-order valence-corrected chi connectivity index (χ3v) is 12.2. The number of imide groups is 1. The zero-order valence-corrected chi connectivity index (χ0v) is 32.7. The van der Waals surface area contributed by atoms with Crippen molar-refractivity contribution in [3.8, 4) is 16.8 Å². The molecule has 3 amide bonds. The quantitative estimate of drug-likeness (QED) is 0.0818. The second-order valence-electron chi connectivity index (χ2n) is 14.3. The molecule has 0 bridgehead atoms. The van der Waals surface area contributed by atoms with Crippen molar-refractivity contribution in [2.45, 2.75) is 64.7 Å². The van der Waals surface area contributed by atoms with E-state index in [1.165, 1.54) is 6.21 Å². The molecule has 4 aromatic rings. The van der Waals surface area contributed by atoms with Gasteiger partial charge in [0.05, 0.1) is 16.2 Å². The molecule has 4 N–H and O–H groups in total. The number of aryl methyl sites for hydroxylation is 1. The van der Waals surface area contributed by atoms with E-state index in [4.69, 9.17) is 22.0 Å². The molecule has 2 aromatic carbocycles. The van der Waals surface area contributed by atoms with Crippen molar-refractivity contribution in [2.24, 2.45) is 4.99 Å². The number of aromatic nitrogens is 3. The van der Waals surface area contributed by atoms with Crippen molar-refractivity contribution < 1.29 is 14.4 Å². The lowest BCUT2D eigenvalue weighted by Gasteiger charge is -2.33. The Balaban J connectivity index is 0.867. The van der Waals surface area contributed by atoms with Crippen LogP contribution < -0.4 is 16.0 Å². The van der Waals surface area contributed by atoms with Gasteiger partial charge in [0.2, 0.25) is 11.8 Å². The monoisotopic (exact) mass is 788 g/mol. The van der Waals surface area contributed by atoms with E-state index in [9.17, 15) is 14.4 Å². The molecule has 56 heavy (non-hydrogen) atoms. The molecule has 2 fully saturated rings. The number of likely N-dealkylation sites (tertiary alicyclic amines) is 1. The first-order valence-electron chi connectivity index (χ1n) is 18.8. The van der Waals surface area contributed by atoms with Gasteiger partial charge in [-0.15, -0.1) is 21.5 Å². The summed E-state index contributed by atoms with van der Waals surface area (Å²) in [7, 11) is 0. The van der Waals surface area contributed by atoms with E-state index in [1.54, 1.807) is 22.4 Å². The van der Waals surface area contributed by atoms with Crippen molar-refractivity contribution in [3.63, 3.8) is 0 Å². The number of rotatable bonds is 9. The molecule has 0 spiro atoms. The zero-order chi connectivity index (χ0) is 38.9. The first-order chi connectivity index (χ1) is 27.2.